The van der Waals surface area contributed by atoms with Gasteiger partial charge in [0, 0.05) is 6.04 Å². The van der Waals surface area contributed by atoms with Crippen LogP contribution in [0.1, 0.15) is 37.2 Å². The third-order valence-electron chi connectivity index (χ3n) is 3.77. The lowest BCUT2D eigenvalue weighted by atomic mass is 9.98. The molecule has 3 unspecified atom stereocenters. The molecule has 0 amide bonds. The van der Waals surface area contributed by atoms with Gasteiger partial charge in [-0.25, -0.2) is 9.78 Å². The molecule has 0 aromatic carbocycles. The molecule has 1 aromatic heterocycles. The second-order valence-corrected chi connectivity index (χ2v) is 4.88. The fourth-order valence-electron chi connectivity index (χ4n) is 2.39. The standard InChI is InChI=1S/C13H18N2O2/c1-8-6-7-10(9(8)2)14-12-5-3-4-11(15-12)13(16)17/h3-5,8-10H,6-7H2,1-2H3,(H,14,15)(H,16,17). The van der Waals surface area contributed by atoms with Crippen LogP contribution in [0.3, 0.4) is 0 Å². The van der Waals surface area contributed by atoms with E-state index in [-0.39, 0.29) is 5.69 Å². The van der Waals surface area contributed by atoms with Gasteiger partial charge in [-0.3, -0.25) is 0 Å². The summed E-state index contributed by atoms with van der Waals surface area (Å²) in [5.41, 5.74) is 0.0914. The zero-order valence-electron chi connectivity index (χ0n) is 10.2. The monoisotopic (exact) mass is 234 g/mol. The van der Waals surface area contributed by atoms with Crippen molar-refractivity contribution in [3.63, 3.8) is 0 Å². The molecule has 0 bridgehead atoms. The maximum atomic E-state index is 10.8. The molecule has 92 valence electrons. The molecule has 1 aliphatic carbocycles. The third-order valence-corrected chi connectivity index (χ3v) is 3.77. The van der Waals surface area contributed by atoms with Gasteiger partial charge >= 0.3 is 5.97 Å². The van der Waals surface area contributed by atoms with Crippen LogP contribution in [0.4, 0.5) is 5.82 Å². The Hall–Kier alpha value is -1.58. The largest absolute Gasteiger partial charge is 0.477 e. The molecule has 0 saturated heterocycles. The van der Waals surface area contributed by atoms with Gasteiger partial charge in [0.15, 0.2) is 5.69 Å². The lowest BCUT2D eigenvalue weighted by Gasteiger charge is -2.20. The van der Waals surface area contributed by atoms with Crippen LogP contribution in [0, 0.1) is 11.8 Å². The van der Waals surface area contributed by atoms with Gasteiger partial charge in [-0.15, -0.1) is 0 Å². The number of nitrogens with zero attached hydrogens (tertiary/aromatic N) is 1. The topological polar surface area (TPSA) is 62.2 Å². The predicted octanol–water partition coefficient (Wildman–Crippen LogP) is 2.63. The van der Waals surface area contributed by atoms with E-state index in [0.717, 1.165) is 12.3 Å². The average molecular weight is 234 g/mol. The van der Waals surface area contributed by atoms with Crippen molar-refractivity contribution in [2.75, 3.05) is 5.32 Å². The van der Waals surface area contributed by atoms with Crippen molar-refractivity contribution in [2.45, 2.75) is 32.7 Å². The van der Waals surface area contributed by atoms with Crippen LogP contribution >= 0.6 is 0 Å². The number of rotatable bonds is 3. The van der Waals surface area contributed by atoms with E-state index in [0.29, 0.717) is 17.8 Å². The van der Waals surface area contributed by atoms with E-state index in [1.165, 1.54) is 12.5 Å². The summed E-state index contributed by atoms with van der Waals surface area (Å²) in [6, 6.07) is 5.46. The Morgan fingerprint density at radius 3 is 2.76 bits per heavy atom. The minimum atomic E-state index is -0.985. The molecule has 1 aliphatic rings. The minimum Gasteiger partial charge on any atom is -0.477 e. The molecule has 2 rings (SSSR count). The Kier molecular flexibility index (Phi) is 3.31. The first-order valence-electron chi connectivity index (χ1n) is 6.05. The molecular formula is C13H18N2O2. The Balaban J connectivity index is 2.08. The molecule has 1 aromatic rings. The molecule has 2 N–H and O–H groups in total. The van der Waals surface area contributed by atoms with Crippen molar-refractivity contribution >= 4 is 11.8 Å². The molecule has 3 atom stereocenters. The first kappa shape index (κ1) is 11.9. The quantitative estimate of drug-likeness (QED) is 0.844. The van der Waals surface area contributed by atoms with Crippen molar-refractivity contribution in [2.24, 2.45) is 11.8 Å². The smallest absolute Gasteiger partial charge is 0.354 e. The average Bonchev–Trinajstić information content (AvgIpc) is 2.61. The highest BCUT2D eigenvalue weighted by Gasteiger charge is 2.29. The summed E-state index contributed by atoms with van der Waals surface area (Å²) in [6.07, 6.45) is 2.35. The number of hydrogen-bond donors (Lipinski definition) is 2. The molecule has 4 heteroatoms. The van der Waals surface area contributed by atoms with Gasteiger partial charge in [0.1, 0.15) is 5.82 Å². The van der Waals surface area contributed by atoms with Crippen molar-refractivity contribution in [1.29, 1.82) is 0 Å². The van der Waals surface area contributed by atoms with Gasteiger partial charge in [0.05, 0.1) is 0 Å². The number of carboxylic acids is 1. The number of anilines is 1. The number of pyridine rings is 1. The van der Waals surface area contributed by atoms with Crippen LogP contribution in [0.5, 0.6) is 0 Å². The van der Waals surface area contributed by atoms with Crippen LogP contribution in [0.15, 0.2) is 18.2 Å². The number of aromatic carboxylic acids is 1. The van der Waals surface area contributed by atoms with Gasteiger partial charge < -0.3 is 10.4 Å². The molecule has 0 spiro atoms. The number of carboxylic acid groups (broad SMARTS) is 1. The molecule has 17 heavy (non-hydrogen) atoms. The molecule has 1 heterocycles. The Morgan fingerprint density at radius 1 is 1.41 bits per heavy atom. The number of nitrogens with one attached hydrogen (secondary N) is 1. The highest BCUT2D eigenvalue weighted by molar-refractivity contribution is 5.85. The van der Waals surface area contributed by atoms with E-state index in [1.54, 1.807) is 6.07 Å². The van der Waals surface area contributed by atoms with E-state index < -0.39 is 5.97 Å². The fourth-order valence-corrected chi connectivity index (χ4v) is 2.39. The van der Waals surface area contributed by atoms with E-state index in [1.807, 2.05) is 6.07 Å². The molecule has 4 nitrogen and oxygen atoms in total. The summed E-state index contributed by atoms with van der Waals surface area (Å²) in [7, 11) is 0. The zero-order valence-corrected chi connectivity index (χ0v) is 10.2. The summed E-state index contributed by atoms with van der Waals surface area (Å²) in [5.74, 6) is 0.998. The maximum absolute atomic E-state index is 10.8. The predicted molar refractivity (Wildman–Crippen MR) is 66.2 cm³/mol. The summed E-state index contributed by atoms with van der Waals surface area (Å²) >= 11 is 0. The van der Waals surface area contributed by atoms with Crippen LogP contribution in [-0.2, 0) is 0 Å². The molecule has 0 radical (unpaired) electrons. The van der Waals surface area contributed by atoms with Gasteiger partial charge in [-0.2, -0.15) is 0 Å². The summed E-state index contributed by atoms with van der Waals surface area (Å²) in [4.78, 5) is 14.9. The van der Waals surface area contributed by atoms with E-state index in [4.69, 9.17) is 5.11 Å². The maximum Gasteiger partial charge on any atom is 0.354 e. The molecule has 1 saturated carbocycles. The van der Waals surface area contributed by atoms with Crippen molar-refractivity contribution < 1.29 is 9.90 Å². The van der Waals surface area contributed by atoms with Crippen LogP contribution in [-0.4, -0.2) is 22.1 Å². The third kappa shape index (κ3) is 2.57. The number of hydrogen-bond acceptors (Lipinski definition) is 3. The minimum absolute atomic E-state index is 0.0914. The summed E-state index contributed by atoms with van der Waals surface area (Å²) in [5, 5.41) is 12.2. The normalized spacial score (nSPS) is 28.0. The highest BCUT2D eigenvalue weighted by Crippen LogP contribution is 2.32. The van der Waals surface area contributed by atoms with E-state index >= 15 is 0 Å². The SMILES string of the molecule is CC1CCC(Nc2cccc(C(=O)O)n2)C1C. The van der Waals surface area contributed by atoms with E-state index in [9.17, 15) is 4.79 Å². The Bertz CT molecular complexity index is 420. The van der Waals surface area contributed by atoms with Crippen molar-refractivity contribution in [1.82, 2.24) is 4.98 Å². The van der Waals surface area contributed by atoms with Crippen molar-refractivity contribution in [3.8, 4) is 0 Å². The first-order valence-corrected chi connectivity index (χ1v) is 6.05. The fraction of sp³-hybridized carbons (Fsp3) is 0.538. The Labute approximate surface area is 101 Å². The lowest BCUT2D eigenvalue weighted by molar-refractivity contribution is 0.0690. The van der Waals surface area contributed by atoms with Crippen LogP contribution in [0.2, 0.25) is 0 Å². The van der Waals surface area contributed by atoms with Crippen LogP contribution < -0.4 is 5.32 Å². The van der Waals surface area contributed by atoms with Gasteiger partial charge in [0.2, 0.25) is 0 Å². The Morgan fingerprint density at radius 2 is 2.18 bits per heavy atom. The van der Waals surface area contributed by atoms with E-state index in [2.05, 4.69) is 24.1 Å². The lowest BCUT2D eigenvalue weighted by Crippen LogP contribution is -2.24. The second-order valence-electron chi connectivity index (χ2n) is 4.88. The number of aromatic nitrogens is 1. The van der Waals surface area contributed by atoms with Gasteiger partial charge in [0.25, 0.3) is 0 Å². The first-order chi connectivity index (χ1) is 8.08. The second kappa shape index (κ2) is 4.73. The zero-order chi connectivity index (χ0) is 12.4. The van der Waals surface area contributed by atoms with Gasteiger partial charge in [-0.1, -0.05) is 19.9 Å². The number of carbonyl (C=O) groups is 1. The molecule has 1 fully saturated rings. The highest BCUT2D eigenvalue weighted by atomic mass is 16.4. The van der Waals surface area contributed by atoms with Gasteiger partial charge in [-0.05, 0) is 36.8 Å². The molecular weight excluding hydrogens is 216 g/mol. The summed E-state index contributed by atoms with van der Waals surface area (Å²) < 4.78 is 0. The van der Waals surface area contributed by atoms with Crippen LogP contribution in [0.25, 0.3) is 0 Å². The van der Waals surface area contributed by atoms with Crippen molar-refractivity contribution in [3.05, 3.63) is 23.9 Å². The summed E-state index contributed by atoms with van der Waals surface area (Å²) in [6.45, 7) is 4.49. The molecule has 0 aliphatic heterocycles.